The molecule has 1 aliphatic carbocycles. The third-order valence-corrected chi connectivity index (χ3v) is 5.49. The highest BCUT2D eigenvalue weighted by Gasteiger charge is 2.43. The van der Waals surface area contributed by atoms with Crippen molar-refractivity contribution in [1.29, 1.82) is 0 Å². The van der Waals surface area contributed by atoms with Crippen molar-refractivity contribution in [3.8, 4) is 0 Å². The van der Waals surface area contributed by atoms with Crippen LogP contribution in [-0.4, -0.2) is 13.1 Å². The SMILES string of the molecule is Clc1ccc(C[C@@]23CCCC[C@@H]2CNC3)cc1Cl. The van der Waals surface area contributed by atoms with E-state index >= 15 is 0 Å². The van der Waals surface area contributed by atoms with E-state index in [4.69, 9.17) is 23.2 Å². The highest BCUT2D eigenvalue weighted by Crippen LogP contribution is 2.46. The van der Waals surface area contributed by atoms with Crippen LogP contribution in [0, 0.1) is 11.3 Å². The summed E-state index contributed by atoms with van der Waals surface area (Å²) in [6, 6.07) is 6.10. The van der Waals surface area contributed by atoms with Crippen molar-refractivity contribution in [3.05, 3.63) is 33.8 Å². The lowest BCUT2D eigenvalue weighted by Gasteiger charge is -2.39. The molecule has 1 saturated heterocycles. The molecule has 0 aromatic heterocycles. The Hall–Kier alpha value is -0.240. The van der Waals surface area contributed by atoms with Gasteiger partial charge in [-0.05, 0) is 54.8 Å². The minimum Gasteiger partial charge on any atom is -0.316 e. The van der Waals surface area contributed by atoms with Crippen molar-refractivity contribution < 1.29 is 0 Å². The Morgan fingerprint density at radius 3 is 2.94 bits per heavy atom. The fraction of sp³-hybridized carbons (Fsp3) is 0.600. The molecular weight excluding hydrogens is 265 g/mol. The van der Waals surface area contributed by atoms with Crippen LogP contribution in [0.4, 0.5) is 0 Å². The summed E-state index contributed by atoms with van der Waals surface area (Å²) in [6.07, 6.45) is 6.65. The molecule has 0 amide bonds. The Morgan fingerprint density at radius 1 is 1.22 bits per heavy atom. The number of fused-ring (bicyclic) bond motifs is 1. The first-order chi connectivity index (χ1) is 8.70. The standard InChI is InChI=1S/C15H19Cl2N/c16-13-5-4-11(7-14(13)17)8-15-6-2-1-3-12(15)9-18-10-15/h4-5,7,12,18H,1-3,6,8-10H2/t12-,15-/m1/s1. The number of benzene rings is 1. The van der Waals surface area contributed by atoms with Gasteiger partial charge in [0, 0.05) is 6.54 Å². The molecular formula is C15H19Cl2N. The van der Waals surface area contributed by atoms with Crippen LogP contribution in [0.1, 0.15) is 31.2 Å². The molecule has 0 bridgehead atoms. The van der Waals surface area contributed by atoms with E-state index in [0.717, 1.165) is 18.9 Å². The number of halogens is 2. The number of hydrogen-bond donors (Lipinski definition) is 1. The van der Waals surface area contributed by atoms with Gasteiger partial charge < -0.3 is 5.32 Å². The van der Waals surface area contributed by atoms with Crippen LogP contribution in [0.3, 0.4) is 0 Å². The van der Waals surface area contributed by atoms with Gasteiger partial charge in [0.1, 0.15) is 0 Å². The van der Waals surface area contributed by atoms with Crippen molar-refractivity contribution in [2.45, 2.75) is 32.1 Å². The number of hydrogen-bond acceptors (Lipinski definition) is 1. The van der Waals surface area contributed by atoms with E-state index in [1.54, 1.807) is 0 Å². The predicted molar refractivity (Wildman–Crippen MR) is 77.4 cm³/mol. The third kappa shape index (κ3) is 2.29. The van der Waals surface area contributed by atoms with Gasteiger partial charge in [0.05, 0.1) is 10.0 Å². The van der Waals surface area contributed by atoms with Crippen molar-refractivity contribution in [2.24, 2.45) is 11.3 Å². The molecule has 0 unspecified atom stereocenters. The first-order valence-corrected chi connectivity index (χ1v) is 7.60. The Balaban J connectivity index is 1.83. The van der Waals surface area contributed by atoms with Gasteiger partial charge in [-0.25, -0.2) is 0 Å². The second-order valence-electron chi connectivity index (χ2n) is 5.86. The first-order valence-electron chi connectivity index (χ1n) is 6.84. The zero-order chi connectivity index (χ0) is 12.6. The zero-order valence-corrected chi connectivity index (χ0v) is 12.0. The lowest BCUT2D eigenvalue weighted by molar-refractivity contribution is 0.149. The van der Waals surface area contributed by atoms with Gasteiger partial charge in [0.2, 0.25) is 0 Å². The molecule has 1 aromatic rings. The van der Waals surface area contributed by atoms with Crippen molar-refractivity contribution in [2.75, 3.05) is 13.1 Å². The smallest absolute Gasteiger partial charge is 0.0595 e. The summed E-state index contributed by atoms with van der Waals surface area (Å²) in [5.41, 5.74) is 1.80. The quantitative estimate of drug-likeness (QED) is 0.853. The van der Waals surface area contributed by atoms with E-state index in [-0.39, 0.29) is 0 Å². The minimum absolute atomic E-state index is 0.468. The van der Waals surface area contributed by atoms with Gasteiger partial charge >= 0.3 is 0 Å². The topological polar surface area (TPSA) is 12.0 Å². The maximum Gasteiger partial charge on any atom is 0.0595 e. The summed E-state index contributed by atoms with van der Waals surface area (Å²) >= 11 is 12.1. The molecule has 1 aliphatic heterocycles. The van der Waals surface area contributed by atoms with Crippen molar-refractivity contribution in [1.82, 2.24) is 5.32 Å². The number of rotatable bonds is 2. The molecule has 98 valence electrons. The lowest BCUT2D eigenvalue weighted by atomic mass is 9.65. The molecule has 2 fully saturated rings. The van der Waals surface area contributed by atoms with E-state index in [1.165, 1.54) is 37.8 Å². The summed E-state index contributed by atoms with van der Waals surface area (Å²) in [7, 11) is 0. The zero-order valence-electron chi connectivity index (χ0n) is 10.5. The van der Waals surface area contributed by atoms with E-state index in [9.17, 15) is 0 Å². The van der Waals surface area contributed by atoms with Crippen LogP contribution in [-0.2, 0) is 6.42 Å². The van der Waals surface area contributed by atoms with E-state index < -0.39 is 0 Å². The van der Waals surface area contributed by atoms with Gasteiger partial charge in [0.15, 0.2) is 0 Å². The molecule has 0 spiro atoms. The molecule has 1 saturated carbocycles. The fourth-order valence-electron chi connectivity index (χ4n) is 3.78. The second kappa shape index (κ2) is 5.03. The summed E-state index contributed by atoms with van der Waals surface area (Å²) in [6.45, 7) is 2.36. The van der Waals surface area contributed by atoms with Crippen molar-refractivity contribution >= 4 is 23.2 Å². The average Bonchev–Trinajstić information content (AvgIpc) is 2.77. The van der Waals surface area contributed by atoms with Crippen LogP contribution in [0.15, 0.2) is 18.2 Å². The van der Waals surface area contributed by atoms with Crippen molar-refractivity contribution in [3.63, 3.8) is 0 Å². The van der Waals surface area contributed by atoms with E-state index in [2.05, 4.69) is 11.4 Å². The Kier molecular flexibility index (Phi) is 3.57. The minimum atomic E-state index is 0.468. The Bertz CT molecular complexity index is 446. The normalized spacial score (nSPS) is 31.3. The molecule has 1 nitrogen and oxygen atoms in total. The summed E-state index contributed by atoms with van der Waals surface area (Å²) in [5, 5.41) is 4.93. The molecule has 1 N–H and O–H groups in total. The monoisotopic (exact) mass is 283 g/mol. The van der Waals surface area contributed by atoms with Crippen LogP contribution in [0.25, 0.3) is 0 Å². The van der Waals surface area contributed by atoms with Gasteiger partial charge in [-0.15, -0.1) is 0 Å². The Morgan fingerprint density at radius 2 is 2.11 bits per heavy atom. The maximum atomic E-state index is 6.12. The molecule has 2 atom stereocenters. The molecule has 1 aromatic carbocycles. The van der Waals surface area contributed by atoms with Gasteiger partial charge in [-0.2, -0.15) is 0 Å². The maximum absolute atomic E-state index is 6.12. The van der Waals surface area contributed by atoms with Crippen LogP contribution < -0.4 is 5.32 Å². The summed E-state index contributed by atoms with van der Waals surface area (Å²) < 4.78 is 0. The highest BCUT2D eigenvalue weighted by molar-refractivity contribution is 6.42. The highest BCUT2D eigenvalue weighted by atomic mass is 35.5. The summed E-state index contributed by atoms with van der Waals surface area (Å²) in [4.78, 5) is 0. The molecule has 3 heteroatoms. The Labute approximate surface area is 119 Å². The lowest BCUT2D eigenvalue weighted by Crippen LogP contribution is -2.35. The number of nitrogens with one attached hydrogen (secondary N) is 1. The van der Waals surface area contributed by atoms with Crippen LogP contribution in [0.2, 0.25) is 10.0 Å². The third-order valence-electron chi connectivity index (χ3n) is 4.75. The largest absolute Gasteiger partial charge is 0.316 e. The van der Waals surface area contributed by atoms with Gasteiger partial charge in [-0.1, -0.05) is 42.1 Å². The predicted octanol–water partition coefficient (Wildman–Crippen LogP) is 4.32. The molecule has 1 heterocycles. The second-order valence-corrected chi connectivity index (χ2v) is 6.68. The summed E-state index contributed by atoms with van der Waals surface area (Å²) in [5.74, 6) is 0.848. The molecule has 2 aliphatic rings. The van der Waals surface area contributed by atoms with Crippen LogP contribution in [0.5, 0.6) is 0 Å². The fourth-order valence-corrected chi connectivity index (χ4v) is 4.10. The van der Waals surface area contributed by atoms with E-state index in [1.807, 2.05) is 12.1 Å². The first kappa shape index (κ1) is 12.8. The molecule has 0 radical (unpaired) electrons. The van der Waals surface area contributed by atoms with E-state index in [0.29, 0.717) is 15.5 Å². The van der Waals surface area contributed by atoms with Gasteiger partial charge in [0.25, 0.3) is 0 Å². The molecule has 18 heavy (non-hydrogen) atoms. The van der Waals surface area contributed by atoms with Crippen LogP contribution >= 0.6 is 23.2 Å². The van der Waals surface area contributed by atoms with Gasteiger partial charge in [-0.3, -0.25) is 0 Å². The average molecular weight is 284 g/mol. The molecule has 3 rings (SSSR count).